The van der Waals surface area contributed by atoms with Crippen LogP contribution in [0.1, 0.15) is 5.56 Å². The molecule has 5 aromatic heterocycles. The standard InChI is InChI=1S/C48H29F3N6/c49-48(50,51)32-17-19-40-38(28-32)36-11-6-12-37(45(36)54-40)47-55-46-34(10-7-13-42(46)56(47)33-8-2-1-3-9-33)31-15-18-35-39-26-30(29-21-24-52-25-22-29)16-20-41(39)57(43(35)27-31)44-14-4-5-23-53-44/h1-28,54H. The first-order valence-corrected chi connectivity index (χ1v) is 18.5. The Kier molecular flexibility index (Phi) is 7.21. The van der Waals surface area contributed by atoms with Crippen molar-refractivity contribution in [1.82, 2.24) is 29.1 Å². The maximum Gasteiger partial charge on any atom is 0.416 e. The van der Waals surface area contributed by atoms with Crippen molar-refractivity contribution in [2.75, 3.05) is 0 Å². The summed E-state index contributed by atoms with van der Waals surface area (Å²) in [6.07, 6.45) is 0.970. The SMILES string of the molecule is FC(F)(F)c1ccc2[nH]c3c(-c4nc5c(-c6ccc7c8cc(-c9ccncc9)ccc8n(-c8ccccn8)c7c6)cccc5n4-c4ccccc4)cccc3c2c1. The number of nitrogens with one attached hydrogen (secondary N) is 1. The lowest BCUT2D eigenvalue weighted by molar-refractivity contribution is -0.137. The molecule has 0 saturated carbocycles. The molecule has 0 unspecified atom stereocenters. The van der Waals surface area contributed by atoms with E-state index in [-0.39, 0.29) is 0 Å². The number of rotatable bonds is 5. The fourth-order valence-electron chi connectivity index (χ4n) is 8.28. The Morgan fingerprint density at radius 3 is 2.14 bits per heavy atom. The van der Waals surface area contributed by atoms with Crippen LogP contribution >= 0.6 is 0 Å². The largest absolute Gasteiger partial charge is 0.416 e. The molecule has 9 heteroatoms. The van der Waals surface area contributed by atoms with E-state index in [2.05, 4.69) is 67.6 Å². The summed E-state index contributed by atoms with van der Waals surface area (Å²) in [5, 5.41) is 3.41. The van der Waals surface area contributed by atoms with Crippen LogP contribution in [0.25, 0.3) is 99.8 Å². The summed E-state index contributed by atoms with van der Waals surface area (Å²) >= 11 is 0. The number of hydrogen-bond donors (Lipinski definition) is 1. The third kappa shape index (κ3) is 5.23. The Morgan fingerprint density at radius 1 is 0.509 bits per heavy atom. The number of alkyl halides is 3. The van der Waals surface area contributed by atoms with Crippen LogP contribution in [-0.4, -0.2) is 29.1 Å². The van der Waals surface area contributed by atoms with Crippen LogP contribution in [0.15, 0.2) is 170 Å². The van der Waals surface area contributed by atoms with Crippen molar-refractivity contribution >= 4 is 54.6 Å². The van der Waals surface area contributed by atoms with Gasteiger partial charge in [0, 0.05) is 62.5 Å². The van der Waals surface area contributed by atoms with Crippen molar-refractivity contribution in [3.63, 3.8) is 0 Å². The highest BCUT2D eigenvalue weighted by Gasteiger charge is 2.31. The molecule has 11 aromatic rings. The van der Waals surface area contributed by atoms with Crippen LogP contribution in [0.5, 0.6) is 0 Å². The van der Waals surface area contributed by atoms with Gasteiger partial charge in [0.1, 0.15) is 11.6 Å². The quantitative estimate of drug-likeness (QED) is 0.191. The van der Waals surface area contributed by atoms with Gasteiger partial charge in [-0.15, -0.1) is 0 Å². The minimum Gasteiger partial charge on any atom is -0.354 e. The van der Waals surface area contributed by atoms with Gasteiger partial charge in [-0.05, 0) is 102 Å². The van der Waals surface area contributed by atoms with Crippen molar-refractivity contribution in [2.45, 2.75) is 6.18 Å². The Morgan fingerprint density at radius 2 is 1.32 bits per heavy atom. The van der Waals surface area contributed by atoms with Gasteiger partial charge in [0.2, 0.25) is 0 Å². The lowest BCUT2D eigenvalue weighted by Gasteiger charge is -2.11. The molecule has 0 spiro atoms. The smallest absolute Gasteiger partial charge is 0.354 e. The predicted molar refractivity (Wildman–Crippen MR) is 222 cm³/mol. The molecule has 5 heterocycles. The summed E-state index contributed by atoms with van der Waals surface area (Å²) in [6.45, 7) is 0. The minimum atomic E-state index is -4.45. The fraction of sp³-hybridized carbons (Fsp3) is 0.0208. The number of halogens is 3. The van der Waals surface area contributed by atoms with E-state index in [1.54, 1.807) is 0 Å². The fourth-order valence-corrected chi connectivity index (χ4v) is 8.28. The zero-order chi connectivity index (χ0) is 38.3. The molecule has 0 bridgehead atoms. The number of benzene rings is 6. The molecule has 11 rings (SSSR count). The van der Waals surface area contributed by atoms with Gasteiger partial charge in [-0.3, -0.25) is 14.1 Å². The topological polar surface area (TPSA) is 64.3 Å². The Balaban J connectivity index is 1.15. The summed E-state index contributed by atoms with van der Waals surface area (Å²) in [7, 11) is 0. The van der Waals surface area contributed by atoms with Crippen molar-refractivity contribution < 1.29 is 13.2 Å². The zero-order valence-corrected chi connectivity index (χ0v) is 30.0. The van der Waals surface area contributed by atoms with Gasteiger partial charge >= 0.3 is 6.18 Å². The molecule has 0 radical (unpaired) electrons. The molecule has 57 heavy (non-hydrogen) atoms. The van der Waals surface area contributed by atoms with Gasteiger partial charge in [-0.2, -0.15) is 13.2 Å². The summed E-state index contributed by atoms with van der Waals surface area (Å²) in [5.41, 5.74) is 10.2. The molecule has 0 aliphatic heterocycles. The average molecular weight is 747 g/mol. The summed E-state index contributed by atoms with van der Waals surface area (Å²) in [6, 6.07) is 48.8. The molecular formula is C48H29F3N6. The predicted octanol–water partition coefficient (Wildman–Crippen LogP) is 12.6. The van der Waals surface area contributed by atoms with Crippen molar-refractivity contribution in [3.05, 3.63) is 176 Å². The van der Waals surface area contributed by atoms with Gasteiger partial charge < -0.3 is 4.98 Å². The van der Waals surface area contributed by atoms with Crippen molar-refractivity contribution in [2.24, 2.45) is 0 Å². The number of para-hydroxylation sites is 3. The first kappa shape index (κ1) is 32.9. The van der Waals surface area contributed by atoms with E-state index < -0.39 is 11.7 Å². The molecule has 0 aliphatic rings. The maximum atomic E-state index is 13.8. The van der Waals surface area contributed by atoms with Crippen molar-refractivity contribution in [1.29, 1.82) is 0 Å². The molecular weight excluding hydrogens is 718 g/mol. The number of nitrogens with zero attached hydrogens (tertiary/aromatic N) is 5. The number of hydrogen-bond acceptors (Lipinski definition) is 3. The Hall–Kier alpha value is -7.52. The minimum absolute atomic E-state index is 0.509. The van der Waals surface area contributed by atoms with Crippen LogP contribution in [-0.2, 0) is 6.18 Å². The maximum absolute atomic E-state index is 13.8. The highest BCUT2D eigenvalue weighted by atomic mass is 19.4. The zero-order valence-electron chi connectivity index (χ0n) is 30.0. The third-order valence-electron chi connectivity index (χ3n) is 10.9. The van der Waals surface area contributed by atoms with Crippen molar-refractivity contribution in [3.8, 4) is 45.1 Å². The molecule has 0 fully saturated rings. The van der Waals surface area contributed by atoms with Gasteiger partial charge in [-0.25, -0.2) is 9.97 Å². The van der Waals surface area contributed by atoms with Crippen LogP contribution in [0.2, 0.25) is 0 Å². The van der Waals surface area contributed by atoms with Gasteiger partial charge in [-0.1, -0.05) is 66.7 Å². The lowest BCUT2D eigenvalue weighted by Crippen LogP contribution is -2.03. The molecule has 272 valence electrons. The number of aromatic amines is 1. The van der Waals surface area contributed by atoms with E-state index in [1.807, 2.05) is 104 Å². The summed E-state index contributed by atoms with van der Waals surface area (Å²) < 4.78 is 45.7. The molecule has 0 aliphatic carbocycles. The second kappa shape index (κ2) is 12.5. The number of aromatic nitrogens is 6. The van der Waals surface area contributed by atoms with E-state index in [9.17, 15) is 13.2 Å². The number of H-pyrrole nitrogens is 1. The first-order valence-electron chi connectivity index (χ1n) is 18.5. The lowest BCUT2D eigenvalue weighted by atomic mass is 10.0. The van der Waals surface area contributed by atoms with Gasteiger partial charge in [0.25, 0.3) is 0 Å². The Bertz CT molecular complexity index is 3330. The van der Waals surface area contributed by atoms with E-state index in [0.717, 1.165) is 78.2 Å². The summed E-state index contributed by atoms with van der Waals surface area (Å²) in [5.74, 6) is 1.48. The highest BCUT2D eigenvalue weighted by Crippen LogP contribution is 2.42. The first-order chi connectivity index (χ1) is 27.9. The van der Waals surface area contributed by atoms with Crippen LogP contribution in [0.3, 0.4) is 0 Å². The highest BCUT2D eigenvalue weighted by molar-refractivity contribution is 6.13. The molecule has 0 saturated heterocycles. The van der Waals surface area contributed by atoms with E-state index in [1.165, 1.54) is 12.1 Å². The monoisotopic (exact) mass is 746 g/mol. The number of fused-ring (bicyclic) bond motifs is 7. The van der Waals surface area contributed by atoms with Crippen LogP contribution in [0, 0.1) is 0 Å². The van der Waals surface area contributed by atoms with E-state index in [0.29, 0.717) is 27.6 Å². The van der Waals surface area contributed by atoms with E-state index >= 15 is 0 Å². The number of pyridine rings is 2. The second-order valence-corrected chi connectivity index (χ2v) is 14.1. The third-order valence-corrected chi connectivity index (χ3v) is 10.9. The van der Waals surface area contributed by atoms with E-state index in [4.69, 9.17) is 9.97 Å². The molecule has 0 amide bonds. The van der Waals surface area contributed by atoms with Crippen LogP contribution in [0.4, 0.5) is 13.2 Å². The van der Waals surface area contributed by atoms with Gasteiger partial charge in [0.05, 0.1) is 33.1 Å². The summed E-state index contributed by atoms with van der Waals surface area (Å²) in [4.78, 5) is 17.8. The number of imidazole rings is 1. The van der Waals surface area contributed by atoms with Gasteiger partial charge in [0.15, 0.2) is 0 Å². The second-order valence-electron chi connectivity index (χ2n) is 14.1. The molecule has 0 atom stereocenters. The van der Waals surface area contributed by atoms with Crippen LogP contribution < -0.4 is 0 Å². The molecule has 1 N–H and O–H groups in total. The normalized spacial score (nSPS) is 12.1. The molecule has 6 aromatic carbocycles. The average Bonchev–Trinajstić information content (AvgIpc) is 3.93. The Labute approximate surface area is 323 Å². The molecule has 6 nitrogen and oxygen atoms in total.